The molecule has 3 rings (SSSR count). The van der Waals surface area contributed by atoms with E-state index in [1.807, 2.05) is 19.2 Å². The van der Waals surface area contributed by atoms with E-state index in [1.165, 1.54) is 12.7 Å². The van der Waals surface area contributed by atoms with Gasteiger partial charge in [-0.2, -0.15) is 0 Å². The standard InChI is InChI=1S/C16H21N3O3/c1-18-10-14(11-5-7-17-8-6-11)13-9-12(3-4-15(13)18)16(20)19(21)22-2/h3-4,9-11,17,21H,5-8H2,1-2H3. The Bertz CT molecular complexity index is 689. The monoisotopic (exact) mass is 303 g/mol. The molecule has 1 saturated heterocycles. The van der Waals surface area contributed by atoms with Gasteiger partial charge < -0.3 is 9.88 Å². The number of hydrogen-bond acceptors (Lipinski definition) is 4. The Morgan fingerprint density at radius 3 is 2.82 bits per heavy atom. The van der Waals surface area contributed by atoms with Crippen molar-refractivity contribution in [3.8, 4) is 0 Å². The number of nitrogens with zero attached hydrogens (tertiary/aromatic N) is 2. The van der Waals surface area contributed by atoms with Crippen LogP contribution in [0.3, 0.4) is 0 Å². The van der Waals surface area contributed by atoms with Crippen LogP contribution in [0.15, 0.2) is 24.4 Å². The summed E-state index contributed by atoms with van der Waals surface area (Å²) in [5.41, 5.74) is 2.78. The van der Waals surface area contributed by atoms with E-state index in [0.717, 1.165) is 36.8 Å². The predicted molar refractivity (Wildman–Crippen MR) is 82.7 cm³/mol. The van der Waals surface area contributed by atoms with Crippen molar-refractivity contribution in [1.82, 2.24) is 15.1 Å². The zero-order chi connectivity index (χ0) is 15.7. The van der Waals surface area contributed by atoms with Crippen LogP contribution in [0.5, 0.6) is 0 Å². The third-order valence-electron chi connectivity index (χ3n) is 4.39. The Balaban J connectivity index is 2.04. The van der Waals surface area contributed by atoms with Crippen molar-refractivity contribution in [2.75, 3.05) is 20.2 Å². The van der Waals surface area contributed by atoms with Gasteiger partial charge >= 0.3 is 5.91 Å². The lowest BCUT2D eigenvalue weighted by atomic mass is 9.89. The third kappa shape index (κ3) is 2.61. The molecular formula is C16H21N3O3. The first-order valence-corrected chi connectivity index (χ1v) is 7.49. The molecule has 118 valence electrons. The van der Waals surface area contributed by atoms with E-state index in [4.69, 9.17) is 0 Å². The van der Waals surface area contributed by atoms with Crippen LogP contribution >= 0.6 is 0 Å². The van der Waals surface area contributed by atoms with Crippen molar-refractivity contribution >= 4 is 16.8 Å². The molecule has 0 spiro atoms. The van der Waals surface area contributed by atoms with Gasteiger partial charge in [-0.3, -0.25) is 10.0 Å². The Kier molecular flexibility index (Phi) is 4.15. The minimum atomic E-state index is -0.565. The van der Waals surface area contributed by atoms with E-state index in [1.54, 1.807) is 6.07 Å². The molecule has 2 aromatic rings. The maximum Gasteiger partial charge on any atom is 0.303 e. The molecule has 0 aliphatic carbocycles. The highest BCUT2D eigenvalue weighted by Gasteiger charge is 2.21. The van der Waals surface area contributed by atoms with Crippen LogP contribution in [-0.4, -0.2) is 41.1 Å². The van der Waals surface area contributed by atoms with Crippen molar-refractivity contribution in [1.29, 1.82) is 0 Å². The quantitative estimate of drug-likeness (QED) is 0.672. The van der Waals surface area contributed by atoms with Gasteiger partial charge in [0.05, 0.1) is 7.11 Å². The van der Waals surface area contributed by atoms with E-state index < -0.39 is 5.91 Å². The number of aryl methyl sites for hydroxylation is 1. The summed E-state index contributed by atoms with van der Waals surface area (Å²) in [6, 6.07) is 5.47. The fourth-order valence-corrected chi connectivity index (χ4v) is 3.21. The molecule has 0 unspecified atom stereocenters. The number of nitrogens with one attached hydrogen (secondary N) is 1. The largest absolute Gasteiger partial charge is 0.350 e. The van der Waals surface area contributed by atoms with Crippen LogP contribution in [0.2, 0.25) is 0 Å². The SMILES string of the molecule is CON(O)C(=O)c1ccc2c(c1)c(C1CCNCC1)cn2C. The van der Waals surface area contributed by atoms with Crippen LogP contribution in [0, 0.1) is 0 Å². The van der Waals surface area contributed by atoms with Crippen molar-refractivity contribution in [3.05, 3.63) is 35.5 Å². The molecule has 6 heteroatoms. The first-order valence-electron chi connectivity index (χ1n) is 7.49. The van der Waals surface area contributed by atoms with Gasteiger partial charge in [0.2, 0.25) is 0 Å². The molecule has 1 aromatic heterocycles. The minimum Gasteiger partial charge on any atom is -0.350 e. The summed E-state index contributed by atoms with van der Waals surface area (Å²) in [5, 5.41) is 14.1. The lowest BCUT2D eigenvalue weighted by molar-refractivity contribution is -0.280. The molecule has 1 amide bonds. The van der Waals surface area contributed by atoms with Gasteiger partial charge in [-0.05, 0) is 55.6 Å². The fraction of sp³-hybridized carbons (Fsp3) is 0.438. The number of carbonyl (C=O) groups excluding carboxylic acids is 1. The van der Waals surface area contributed by atoms with Crippen molar-refractivity contribution < 1.29 is 14.8 Å². The first kappa shape index (κ1) is 15.0. The highest BCUT2D eigenvalue weighted by Crippen LogP contribution is 2.33. The Hall–Kier alpha value is -1.89. The zero-order valence-electron chi connectivity index (χ0n) is 12.9. The average Bonchev–Trinajstić information content (AvgIpc) is 2.90. The summed E-state index contributed by atoms with van der Waals surface area (Å²) in [4.78, 5) is 16.6. The average molecular weight is 303 g/mol. The molecule has 0 radical (unpaired) electrons. The minimum absolute atomic E-state index is 0.258. The van der Waals surface area contributed by atoms with Gasteiger partial charge in [0, 0.05) is 29.7 Å². The molecule has 0 atom stereocenters. The van der Waals surface area contributed by atoms with E-state index in [2.05, 4.69) is 20.9 Å². The molecule has 2 N–H and O–H groups in total. The van der Waals surface area contributed by atoms with E-state index in [9.17, 15) is 10.0 Å². The van der Waals surface area contributed by atoms with Gasteiger partial charge in [-0.25, -0.2) is 4.84 Å². The number of piperidine rings is 1. The number of rotatable bonds is 3. The number of benzene rings is 1. The molecule has 0 bridgehead atoms. The van der Waals surface area contributed by atoms with Gasteiger partial charge in [0.1, 0.15) is 0 Å². The van der Waals surface area contributed by atoms with Gasteiger partial charge in [0.15, 0.2) is 0 Å². The predicted octanol–water partition coefficient (Wildman–Crippen LogP) is 2.04. The number of carbonyl (C=O) groups is 1. The van der Waals surface area contributed by atoms with Gasteiger partial charge in [0.25, 0.3) is 0 Å². The summed E-state index contributed by atoms with van der Waals surface area (Å²) in [6.07, 6.45) is 4.35. The first-order chi connectivity index (χ1) is 10.6. The summed E-state index contributed by atoms with van der Waals surface area (Å²) in [7, 11) is 3.27. The number of aromatic nitrogens is 1. The van der Waals surface area contributed by atoms with Crippen molar-refractivity contribution in [2.24, 2.45) is 7.05 Å². The maximum atomic E-state index is 12.0. The molecule has 1 aromatic carbocycles. The summed E-state index contributed by atoms with van der Waals surface area (Å²) < 4.78 is 2.09. The highest BCUT2D eigenvalue weighted by molar-refractivity contribution is 5.98. The molecule has 1 aliphatic rings. The van der Waals surface area contributed by atoms with Crippen LogP contribution in [-0.2, 0) is 11.9 Å². The number of hydroxylamine groups is 2. The lowest BCUT2D eigenvalue weighted by Crippen LogP contribution is -2.26. The Morgan fingerprint density at radius 1 is 1.41 bits per heavy atom. The maximum absolute atomic E-state index is 12.0. The molecule has 22 heavy (non-hydrogen) atoms. The van der Waals surface area contributed by atoms with Crippen LogP contribution in [0.4, 0.5) is 0 Å². The van der Waals surface area contributed by atoms with Gasteiger partial charge in [-0.15, -0.1) is 0 Å². The smallest absolute Gasteiger partial charge is 0.303 e. The van der Waals surface area contributed by atoms with Gasteiger partial charge in [-0.1, -0.05) is 5.23 Å². The number of fused-ring (bicyclic) bond motifs is 1. The second-order valence-electron chi connectivity index (χ2n) is 5.71. The second-order valence-corrected chi connectivity index (χ2v) is 5.71. The summed E-state index contributed by atoms with van der Waals surface area (Å²) in [5.74, 6) is -0.0625. The summed E-state index contributed by atoms with van der Waals surface area (Å²) in [6.45, 7) is 2.04. The van der Waals surface area contributed by atoms with Crippen LogP contribution in [0.25, 0.3) is 10.9 Å². The van der Waals surface area contributed by atoms with Crippen LogP contribution in [0.1, 0.15) is 34.7 Å². The van der Waals surface area contributed by atoms with E-state index in [-0.39, 0.29) is 5.23 Å². The molecule has 2 heterocycles. The highest BCUT2D eigenvalue weighted by atomic mass is 16.9. The lowest BCUT2D eigenvalue weighted by Gasteiger charge is -2.22. The molecule has 1 fully saturated rings. The molecular weight excluding hydrogens is 282 g/mol. The number of amides is 1. The van der Waals surface area contributed by atoms with E-state index in [0.29, 0.717) is 11.5 Å². The second kappa shape index (κ2) is 6.08. The topological polar surface area (TPSA) is 66.7 Å². The Labute approximate surface area is 129 Å². The molecule has 0 saturated carbocycles. The number of hydrogen-bond donors (Lipinski definition) is 2. The van der Waals surface area contributed by atoms with Crippen molar-refractivity contribution in [3.63, 3.8) is 0 Å². The van der Waals surface area contributed by atoms with Crippen LogP contribution < -0.4 is 5.32 Å². The fourth-order valence-electron chi connectivity index (χ4n) is 3.21. The normalized spacial score (nSPS) is 16.1. The zero-order valence-corrected chi connectivity index (χ0v) is 12.9. The van der Waals surface area contributed by atoms with E-state index >= 15 is 0 Å². The molecule has 6 nitrogen and oxygen atoms in total. The third-order valence-corrected chi connectivity index (χ3v) is 4.39. The van der Waals surface area contributed by atoms with Crippen molar-refractivity contribution in [2.45, 2.75) is 18.8 Å². The Morgan fingerprint density at radius 2 is 2.14 bits per heavy atom. The molecule has 1 aliphatic heterocycles. The summed E-state index contributed by atoms with van der Waals surface area (Å²) >= 11 is 0.